The quantitative estimate of drug-likeness (QED) is 0.664. The zero-order valence-electron chi connectivity index (χ0n) is 10.2. The zero-order chi connectivity index (χ0) is 12.7. The third-order valence-electron chi connectivity index (χ3n) is 3.01. The average molecular weight is 240 g/mol. The molecule has 1 aromatic carbocycles. The van der Waals surface area contributed by atoms with Crippen LogP contribution in [-0.4, -0.2) is 12.0 Å². The molecule has 0 saturated heterocycles. The molecule has 0 bridgehead atoms. The SMILES string of the molecule is CNc1cc2oc(=O)c3cc(C)ccc3c2cn1. The molecule has 4 heteroatoms. The highest BCUT2D eigenvalue weighted by Gasteiger charge is 2.08. The lowest BCUT2D eigenvalue weighted by Crippen LogP contribution is -2.01. The van der Waals surface area contributed by atoms with Crippen molar-refractivity contribution in [3.8, 4) is 0 Å². The van der Waals surface area contributed by atoms with Gasteiger partial charge in [-0.3, -0.25) is 0 Å². The van der Waals surface area contributed by atoms with E-state index in [0.717, 1.165) is 16.3 Å². The summed E-state index contributed by atoms with van der Waals surface area (Å²) in [7, 11) is 1.77. The highest BCUT2D eigenvalue weighted by molar-refractivity contribution is 6.04. The largest absolute Gasteiger partial charge is 0.422 e. The Morgan fingerprint density at radius 3 is 2.78 bits per heavy atom. The molecule has 4 nitrogen and oxygen atoms in total. The van der Waals surface area contributed by atoms with E-state index >= 15 is 0 Å². The molecular formula is C14H12N2O2. The number of aryl methyl sites for hydroxylation is 1. The highest BCUT2D eigenvalue weighted by atomic mass is 16.4. The molecule has 0 aliphatic carbocycles. The molecule has 1 N–H and O–H groups in total. The molecule has 0 fully saturated rings. The Hall–Kier alpha value is -2.36. The Morgan fingerprint density at radius 2 is 2.00 bits per heavy atom. The smallest absolute Gasteiger partial charge is 0.344 e. The number of nitrogens with one attached hydrogen (secondary N) is 1. The van der Waals surface area contributed by atoms with Crippen molar-refractivity contribution in [2.24, 2.45) is 0 Å². The minimum atomic E-state index is -0.311. The summed E-state index contributed by atoms with van der Waals surface area (Å²) in [5.74, 6) is 0.678. The van der Waals surface area contributed by atoms with Crippen LogP contribution < -0.4 is 10.9 Å². The summed E-state index contributed by atoms with van der Waals surface area (Å²) >= 11 is 0. The minimum Gasteiger partial charge on any atom is -0.422 e. The van der Waals surface area contributed by atoms with Gasteiger partial charge < -0.3 is 9.73 Å². The van der Waals surface area contributed by atoms with E-state index in [1.807, 2.05) is 25.1 Å². The Morgan fingerprint density at radius 1 is 1.17 bits per heavy atom. The van der Waals surface area contributed by atoms with Crippen molar-refractivity contribution in [2.75, 3.05) is 12.4 Å². The van der Waals surface area contributed by atoms with E-state index < -0.39 is 0 Å². The van der Waals surface area contributed by atoms with Crippen molar-refractivity contribution in [1.29, 1.82) is 0 Å². The van der Waals surface area contributed by atoms with Gasteiger partial charge in [-0.05, 0) is 13.0 Å². The summed E-state index contributed by atoms with van der Waals surface area (Å²) in [5.41, 5.74) is 1.28. The van der Waals surface area contributed by atoms with Crippen molar-refractivity contribution in [3.05, 3.63) is 46.4 Å². The molecule has 2 heterocycles. The molecule has 3 rings (SSSR count). The van der Waals surface area contributed by atoms with Gasteiger partial charge in [0.15, 0.2) is 0 Å². The van der Waals surface area contributed by atoms with E-state index in [1.54, 1.807) is 19.3 Å². The number of pyridine rings is 1. The van der Waals surface area contributed by atoms with Gasteiger partial charge in [0.1, 0.15) is 11.4 Å². The number of rotatable bonds is 1. The van der Waals surface area contributed by atoms with Crippen LogP contribution in [0.1, 0.15) is 5.56 Å². The summed E-state index contributed by atoms with van der Waals surface area (Å²) in [6, 6.07) is 7.49. The lowest BCUT2D eigenvalue weighted by molar-refractivity contribution is 0.569. The van der Waals surface area contributed by atoms with Gasteiger partial charge in [0.05, 0.1) is 5.39 Å². The Labute approximate surface area is 103 Å². The fourth-order valence-corrected chi connectivity index (χ4v) is 2.08. The zero-order valence-corrected chi connectivity index (χ0v) is 10.2. The molecule has 18 heavy (non-hydrogen) atoms. The van der Waals surface area contributed by atoms with Crippen molar-refractivity contribution in [1.82, 2.24) is 4.98 Å². The summed E-state index contributed by atoms with van der Waals surface area (Å²) in [5, 5.41) is 5.25. The molecule has 0 unspecified atom stereocenters. The normalized spacial score (nSPS) is 11.0. The molecule has 0 aliphatic rings. The average Bonchev–Trinajstić information content (AvgIpc) is 2.38. The lowest BCUT2D eigenvalue weighted by atomic mass is 10.1. The van der Waals surface area contributed by atoms with E-state index in [9.17, 15) is 4.79 Å². The number of benzene rings is 1. The molecule has 0 amide bonds. The molecule has 0 radical (unpaired) electrons. The second-order valence-electron chi connectivity index (χ2n) is 4.25. The van der Waals surface area contributed by atoms with Gasteiger partial charge in [0, 0.05) is 30.1 Å². The van der Waals surface area contributed by atoms with Crippen LogP contribution in [0.5, 0.6) is 0 Å². The second-order valence-corrected chi connectivity index (χ2v) is 4.25. The summed E-state index contributed by atoms with van der Waals surface area (Å²) < 4.78 is 5.34. The monoisotopic (exact) mass is 240 g/mol. The molecule has 2 aromatic heterocycles. The van der Waals surface area contributed by atoms with Crippen LogP contribution >= 0.6 is 0 Å². The first-order valence-electron chi connectivity index (χ1n) is 5.70. The van der Waals surface area contributed by atoms with E-state index in [-0.39, 0.29) is 5.63 Å². The first kappa shape index (κ1) is 10.8. The molecule has 0 saturated carbocycles. The Kier molecular flexibility index (Phi) is 2.30. The van der Waals surface area contributed by atoms with Crippen molar-refractivity contribution in [2.45, 2.75) is 6.92 Å². The number of hydrogen-bond acceptors (Lipinski definition) is 4. The summed E-state index contributed by atoms with van der Waals surface area (Å²) in [6.07, 6.45) is 1.72. The molecule has 0 atom stereocenters. The fourth-order valence-electron chi connectivity index (χ4n) is 2.08. The number of nitrogens with zero attached hydrogens (tertiary/aromatic N) is 1. The summed E-state index contributed by atoms with van der Waals surface area (Å²) in [6.45, 7) is 1.95. The Balaban J connectivity index is 2.50. The van der Waals surface area contributed by atoms with Gasteiger partial charge >= 0.3 is 5.63 Å². The topological polar surface area (TPSA) is 55.1 Å². The molecule has 0 spiro atoms. The molecule has 0 aliphatic heterocycles. The molecule has 3 aromatic rings. The maximum absolute atomic E-state index is 11.9. The lowest BCUT2D eigenvalue weighted by Gasteiger charge is -2.04. The summed E-state index contributed by atoms with van der Waals surface area (Å²) in [4.78, 5) is 16.2. The fraction of sp³-hybridized carbons (Fsp3) is 0.143. The molecule has 90 valence electrons. The van der Waals surface area contributed by atoms with E-state index in [4.69, 9.17) is 4.42 Å². The number of anilines is 1. The highest BCUT2D eigenvalue weighted by Crippen LogP contribution is 2.24. The van der Waals surface area contributed by atoms with Crippen LogP contribution in [0.15, 0.2) is 39.7 Å². The first-order valence-corrected chi connectivity index (χ1v) is 5.70. The predicted molar refractivity (Wildman–Crippen MR) is 72.1 cm³/mol. The van der Waals surface area contributed by atoms with Gasteiger partial charge in [-0.25, -0.2) is 9.78 Å². The van der Waals surface area contributed by atoms with Crippen LogP contribution in [0.3, 0.4) is 0 Å². The number of hydrogen-bond donors (Lipinski definition) is 1. The van der Waals surface area contributed by atoms with Crippen LogP contribution in [0.2, 0.25) is 0 Å². The standard InChI is InChI=1S/C14H12N2O2/c1-8-3-4-9-10(5-8)14(17)18-12-6-13(15-2)16-7-11(9)12/h3-7H,1-2H3,(H,15,16). The van der Waals surface area contributed by atoms with Crippen molar-refractivity contribution < 1.29 is 4.42 Å². The maximum atomic E-state index is 11.9. The van der Waals surface area contributed by atoms with Crippen LogP contribution in [-0.2, 0) is 0 Å². The van der Waals surface area contributed by atoms with Gasteiger partial charge in [0.2, 0.25) is 0 Å². The van der Waals surface area contributed by atoms with E-state index in [0.29, 0.717) is 16.8 Å². The van der Waals surface area contributed by atoms with Gasteiger partial charge in [-0.1, -0.05) is 17.7 Å². The maximum Gasteiger partial charge on any atom is 0.344 e. The van der Waals surface area contributed by atoms with Crippen LogP contribution in [0.25, 0.3) is 21.7 Å². The van der Waals surface area contributed by atoms with Gasteiger partial charge in [-0.2, -0.15) is 0 Å². The second kappa shape index (κ2) is 3.84. The molecular weight excluding hydrogens is 228 g/mol. The minimum absolute atomic E-state index is 0.311. The van der Waals surface area contributed by atoms with Gasteiger partial charge in [-0.15, -0.1) is 0 Å². The predicted octanol–water partition coefficient (Wildman–Crippen LogP) is 2.69. The third kappa shape index (κ3) is 1.54. The van der Waals surface area contributed by atoms with E-state index in [2.05, 4.69) is 10.3 Å². The van der Waals surface area contributed by atoms with E-state index in [1.165, 1.54) is 0 Å². The Bertz CT molecular complexity index is 806. The third-order valence-corrected chi connectivity index (χ3v) is 3.01. The first-order chi connectivity index (χ1) is 8.69. The van der Waals surface area contributed by atoms with Crippen molar-refractivity contribution >= 4 is 27.6 Å². The number of fused-ring (bicyclic) bond motifs is 3. The van der Waals surface area contributed by atoms with Crippen LogP contribution in [0.4, 0.5) is 5.82 Å². The number of aromatic nitrogens is 1. The van der Waals surface area contributed by atoms with Crippen molar-refractivity contribution in [3.63, 3.8) is 0 Å². The van der Waals surface area contributed by atoms with Crippen LogP contribution in [0, 0.1) is 6.92 Å². The van der Waals surface area contributed by atoms with Gasteiger partial charge in [0.25, 0.3) is 0 Å².